The number of nitriles is 2. The van der Waals surface area contributed by atoms with Crippen LogP contribution in [0.5, 0.6) is 0 Å². The number of nitrogens with zero attached hydrogens (tertiary/aromatic N) is 8. The van der Waals surface area contributed by atoms with Crippen molar-refractivity contribution in [1.29, 1.82) is 10.5 Å². The molecule has 0 aliphatic carbocycles. The Morgan fingerprint density at radius 3 is 1.26 bits per heavy atom. The maximum Gasteiger partial charge on any atom is 0.139 e. The molecule has 10 nitrogen and oxygen atoms in total. The SMILES string of the molecule is CC(C)(C#N)c1ccc(-c2ccc(C(O)(c3cncnc3)C(C)(C)C)nc2)c(F)c1.CSc1cc(C(C)(C)C#N)ccc1-c1ccc(C(O)(c2cncnc2)C(C)(C)C)nc1. The van der Waals surface area contributed by atoms with E-state index >= 15 is 0 Å². The van der Waals surface area contributed by atoms with Crippen LogP contribution in [0.25, 0.3) is 22.3 Å². The molecule has 6 aromatic rings. The highest BCUT2D eigenvalue weighted by molar-refractivity contribution is 7.98. The molecule has 0 saturated heterocycles. The number of rotatable bonds is 9. The molecule has 0 radical (unpaired) electrons. The molecule has 6 rings (SSSR count). The highest BCUT2D eigenvalue weighted by Gasteiger charge is 2.46. The van der Waals surface area contributed by atoms with Gasteiger partial charge in [-0.15, -0.1) is 11.8 Å². The maximum atomic E-state index is 14.8. The molecule has 0 bridgehead atoms. The van der Waals surface area contributed by atoms with Gasteiger partial charge in [-0.25, -0.2) is 24.3 Å². The first-order valence-electron chi connectivity index (χ1n) is 19.8. The van der Waals surface area contributed by atoms with Gasteiger partial charge in [-0.05, 0) is 74.9 Å². The fourth-order valence-electron chi connectivity index (χ4n) is 7.02. The third-order valence-electron chi connectivity index (χ3n) is 11.2. The standard InChI is InChI=1S/C25H28N4OS.C24H25FN4O/c1-23(2,3)25(30,19-13-27-16-28-14-19)22-10-7-17(12-29-22)20-9-8-18(11-21(20)31-6)24(4,5)15-26;1-22(2,3)24(30,18-12-27-15-28-13-18)21-9-6-16(11-29-21)19-8-7-17(10-20(19)25)23(4,5)14-26/h7-14,16,30H,1-6H3;6-13,15,30H,1-5H3. The quantitative estimate of drug-likeness (QED) is 0.133. The lowest BCUT2D eigenvalue weighted by atomic mass is 9.70. The molecule has 2 atom stereocenters. The molecular weight excluding hydrogens is 784 g/mol. The van der Waals surface area contributed by atoms with Crippen molar-refractivity contribution in [2.45, 2.75) is 96.2 Å². The van der Waals surface area contributed by atoms with E-state index in [9.17, 15) is 25.1 Å². The molecule has 4 aromatic heterocycles. The summed E-state index contributed by atoms with van der Waals surface area (Å²) in [7, 11) is 0. The van der Waals surface area contributed by atoms with Gasteiger partial charge in [0.15, 0.2) is 0 Å². The zero-order valence-electron chi connectivity index (χ0n) is 36.7. The van der Waals surface area contributed by atoms with Gasteiger partial charge >= 0.3 is 0 Å². The summed E-state index contributed by atoms with van der Waals surface area (Å²) in [5.41, 5.74) is 1.47. The molecule has 12 heteroatoms. The highest BCUT2D eigenvalue weighted by Crippen LogP contribution is 2.45. The van der Waals surface area contributed by atoms with Gasteiger partial charge in [0.1, 0.15) is 29.7 Å². The van der Waals surface area contributed by atoms with E-state index in [2.05, 4.69) is 48.1 Å². The van der Waals surface area contributed by atoms with E-state index in [-0.39, 0.29) is 0 Å². The van der Waals surface area contributed by atoms with Crippen LogP contribution in [0.1, 0.15) is 103 Å². The van der Waals surface area contributed by atoms with Gasteiger partial charge in [0.05, 0.1) is 34.4 Å². The van der Waals surface area contributed by atoms with E-state index in [0.717, 1.165) is 21.6 Å². The molecule has 61 heavy (non-hydrogen) atoms. The molecule has 2 unspecified atom stereocenters. The molecular formula is C49H53FN8O2S. The van der Waals surface area contributed by atoms with Crippen LogP contribution in [0, 0.1) is 39.3 Å². The number of halogens is 1. The lowest BCUT2D eigenvalue weighted by molar-refractivity contribution is -0.0301. The molecule has 0 aliphatic rings. The minimum Gasteiger partial charge on any atom is -0.378 e. The van der Waals surface area contributed by atoms with Gasteiger partial charge in [0, 0.05) is 80.7 Å². The lowest BCUT2D eigenvalue weighted by Crippen LogP contribution is -2.42. The Kier molecular flexibility index (Phi) is 13.3. The monoisotopic (exact) mass is 836 g/mol. The Bertz CT molecular complexity index is 2540. The van der Waals surface area contributed by atoms with Crippen molar-refractivity contribution in [2.24, 2.45) is 10.8 Å². The summed E-state index contributed by atoms with van der Waals surface area (Å²) in [4.78, 5) is 26.5. The molecule has 0 saturated carbocycles. The van der Waals surface area contributed by atoms with E-state index in [1.54, 1.807) is 87.1 Å². The van der Waals surface area contributed by atoms with Crippen molar-refractivity contribution in [3.8, 4) is 34.4 Å². The fraction of sp³-hybridized carbons (Fsp3) is 0.347. The van der Waals surface area contributed by atoms with E-state index in [1.165, 1.54) is 18.7 Å². The lowest BCUT2D eigenvalue weighted by Gasteiger charge is -2.39. The van der Waals surface area contributed by atoms with Gasteiger partial charge in [-0.2, -0.15) is 10.5 Å². The van der Waals surface area contributed by atoms with Crippen LogP contribution in [0.15, 0.2) is 115 Å². The number of pyridine rings is 2. The third kappa shape index (κ3) is 9.23. The van der Waals surface area contributed by atoms with Crippen LogP contribution < -0.4 is 0 Å². The van der Waals surface area contributed by atoms with Crippen LogP contribution >= 0.6 is 11.8 Å². The molecule has 0 fully saturated rings. The number of aliphatic hydroxyl groups is 2. The van der Waals surface area contributed by atoms with Gasteiger partial charge in [-0.1, -0.05) is 77.9 Å². The average molecular weight is 837 g/mol. The van der Waals surface area contributed by atoms with E-state index < -0.39 is 38.7 Å². The Morgan fingerprint density at radius 1 is 0.525 bits per heavy atom. The summed E-state index contributed by atoms with van der Waals surface area (Å²) in [5, 5.41) is 42.1. The number of aromatic nitrogens is 6. The Labute approximate surface area is 363 Å². The van der Waals surface area contributed by atoms with Crippen LogP contribution in [-0.4, -0.2) is 46.4 Å². The molecule has 0 spiro atoms. The summed E-state index contributed by atoms with van der Waals surface area (Å²) in [6, 6.07) is 22.7. The molecule has 314 valence electrons. The van der Waals surface area contributed by atoms with Crippen LogP contribution in [-0.2, 0) is 22.0 Å². The Balaban J connectivity index is 0.000000231. The normalized spacial score (nSPS) is 14.0. The largest absolute Gasteiger partial charge is 0.378 e. The minimum atomic E-state index is -1.42. The first-order valence-corrected chi connectivity index (χ1v) is 21.0. The Morgan fingerprint density at radius 2 is 0.918 bits per heavy atom. The van der Waals surface area contributed by atoms with E-state index in [0.29, 0.717) is 39.2 Å². The second-order valence-corrected chi connectivity index (χ2v) is 19.0. The first-order chi connectivity index (χ1) is 28.5. The average Bonchev–Trinajstić information content (AvgIpc) is 3.25. The fourth-order valence-corrected chi connectivity index (χ4v) is 7.67. The van der Waals surface area contributed by atoms with Gasteiger partial charge in [-0.3, -0.25) is 9.97 Å². The summed E-state index contributed by atoms with van der Waals surface area (Å²) in [6.45, 7) is 19.0. The number of hydrogen-bond donors (Lipinski definition) is 2. The zero-order valence-corrected chi connectivity index (χ0v) is 37.5. The number of thioether (sulfide) groups is 1. The molecule has 0 aliphatic heterocycles. The number of benzene rings is 2. The first kappa shape index (κ1) is 46.2. The van der Waals surface area contributed by atoms with E-state index in [1.807, 2.05) is 85.9 Å². The maximum absolute atomic E-state index is 14.8. The van der Waals surface area contributed by atoms with Crippen LogP contribution in [0.2, 0.25) is 0 Å². The molecule has 0 amide bonds. The van der Waals surface area contributed by atoms with Crippen molar-refractivity contribution < 1.29 is 14.6 Å². The second-order valence-electron chi connectivity index (χ2n) is 18.1. The minimum absolute atomic E-state index is 0.383. The van der Waals surface area contributed by atoms with Gasteiger partial charge in [0.25, 0.3) is 0 Å². The van der Waals surface area contributed by atoms with Crippen molar-refractivity contribution in [1.82, 2.24) is 29.9 Å². The zero-order chi connectivity index (χ0) is 45.0. The van der Waals surface area contributed by atoms with E-state index in [4.69, 9.17) is 0 Å². The highest BCUT2D eigenvalue weighted by atomic mass is 32.2. The van der Waals surface area contributed by atoms with Crippen molar-refractivity contribution in [3.63, 3.8) is 0 Å². The number of hydrogen-bond acceptors (Lipinski definition) is 11. The predicted molar refractivity (Wildman–Crippen MR) is 237 cm³/mol. The predicted octanol–water partition coefficient (Wildman–Crippen LogP) is 10.1. The third-order valence-corrected chi connectivity index (χ3v) is 12.0. The topological polar surface area (TPSA) is 165 Å². The van der Waals surface area contributed by atoms with Crippen molar-refractivity contribution in [2.75, 3.05) is 6.26 Å². The summed E-state index contributed by atoms with van der Waals surface area (Å²) in [6.07, 6.45) is 14.6. The van der Waals surface area contributed by atoms with Crippen molar-refractivity contribution in [3.05, 3.63) is 150 Å². The second kappa shape index (κ2) is 17.6. The van der Waals surface area contributed by atoms with Crippen LogP contribution in [0.3, 0.4) is 0 Å². The smallest absolute Gasteiger partial charge is 0.139 e. The Hall–Kier alpha value is -5.92. The van der Waals surface area contributed by atoms with Gasteiger partial charge < -0.3 is 10.2 Å². The van der Waals surface area contributed by atoms with Crippen LogP contribution in [0.4, 0.5) is 4.39 Å². The molecule has 4 heterocycles. The summed E-state index contributed by atoms with van der Waals surface area (Å²) in [5.74, 6) is -0.423. The molecule has 2 aromatic carbocycles. The summed E-state index contributed by atoms with van der Waals surface area (Å²) >= 11 is 1.64. The summed E-state index contributed by atoms with van der Waals surface area (Å²) < 4.78 is 14.8. The van der Waals surface area contributed by atoms with Gasteiger partial charge in [0.2, 0.25) is 0 Å². The van der Waals surface area contributed by atoms with Crippen molar-refractivity contribution >= 4 is 11.8 Å². The molecule has 2 N–H and O–H groups in total.